The van der Waals surface area contributed by atoms with Gasteiger partial charge in [-0.1, -0.05) is 12.1 Å². The molecule has 1 fully saturated rings. The Bertz CT molecular complexity index is 809. The summed E-state index contributed by atoms with van der Waals surface area (Å²) in [6.07, 6.45) is 2.52. The van der Waals surface area contributed by atoms with Crippen molar-refractivity contribution in [2.75, 3.05) is 19.9 Å². The Kier molecular flexibility index (Phi) is 3.97. The number of rotatable bonds is 3. The Morgan fingerprint density at radius 2 is 1.88 bits per heavy atom. The van der Waals surface area contributed by atoms with Crippen LogP contribution in [0, 0.1) is 0 Å². The molecule has 0 atom stereocenters. The molecule has 2 aromatic rings. The number of amides is 2. The molecule has 0 bridgehead atoms. The van der Waals surface area contributed by atoms with Gasteiger partial charge in [-0.05, 0) is 36.2 Å². The predicted octanol–water partition coefficient (Wildman–Crippen LogP) is 1.64. The molecule has 0 radical (unpaired) electrons. The van der Waals surface area contributed by atoms with Gasteiger partial charge < -0.3 is 9.47 Å². The number of carbonyl (C=O) groups is 2. The Morgan fingerprint density at radius 1 is 1.04 bits per heavy atom. The van der Waals surface area contributed by atoms with Crippen LogP contribution in [0.2, 0.25) is 0 Å². The van der Waals surface area contributed by atoms with E-state index in [1.54, 1.807) is 36.5 Å². The lowest BCUT2D eigenvalue weighted by molar-refractivity contribution is -0.139. The second-order valence-electron chi connectivity index (χ2n) is 5.88. The third kappa shape index (κ3) is 3.00. The van der Waals surface area contributed by atoms with Crippen molar-refractivity contribution in [2.45, 2.75) is 12.8 Å². The Hall–Kier alpha value is -3.09. The van der Waals surface area contributed by atoms with E-state index in [9.17, 15) is 9.59 Å². The van der Waals surface area contributed by atoms with Crippen molar-refractivity contribution in [1.29, 1.82) is 0 Å². The summed E-state index contributed by atoms with van der Waals surface area (Å²) in [5.41, 5.74) is 1.16. The average molecular weight is 339 g/mol. The van der Waals surface area contributed by atoms with Gasteiger partial charge in [-0.2, -0.15) is 0 Å². The number of fused-ring (bicyclic) bond motifs is 1. The zero-order valence-corrected chi connectivity index (χ0v) is 13.6. The Labute approximate surface area is 144 Å². The maximum absolute atomic E-state index is 12.7. The molecule has 128 valence electrons. The van der Waals surface area contributed by atoms with Crippen LogP contribution in [-0.4, -0.2) is 46.7 Å². The monoisotopic (exact) mass is 339 g/mol. The van der Waals surface area contributed by atoms with Gasteiger partial charge in [0.05, 0.1) is 6.42 Å². The molecule has 2 amide bonds. The first-order valence-corrected chi connectivity index (χ1v) is 8.14. The minimum absolute atomic E-state index is 0.124. The van der Waals surface area contributed by atoms with Crippen LogP contribution in [-0.2, 0) is 11.2 Å². The zero-order valence-electron chi connectivity index (χ0n) is 13.6. The summed E-state index contributed by atoms with van der Waals surface area (Å²) in [4.78, 5) is 29.4. The van der Waals surface area contributed by atoms with Crippen LogP contribution in [0.15, 0.2) is 42.6 Å². The average Bonchev–Trinajstić information content (AvgIpc) is 3.30. The van der Waals surface area contributed by atoms with E-state index in [4.69, 9.17) is 9.47 Å². The number of carbonyl (C=O) groups excluding carboxylic acids is 2. The molecule has 0 unspecified atom stereocenters. The second-order valence-corrected chi connectivity index (χ2v) is 5.88. The molecule has 1 saturated heterocycles. The van der Waals surface area contributed by atoms with Gasteiger partial charge in [0.2, 0.25) is 12.7 Å². The van der Waals surface area contributed by atoms with Crippen molar-refractivity contribution in [3.8, 4) is 11.5 Å². The van der Waals surface area contributed by atoms with E-state index < -0.39 is 0 Å². The van der Waals surface area contributed by atoms with E-state index in [1.807, 2.05) is 6.07 Å². The second kappa shape index (κ2) is 6.43. The molecule has 0 saturated carbocycles. The van der Waals surface area contributed by atoms with Crippen LogP contribution in [0.3, 0.4) is 0 Å². The van der Waals surface area contributed by atoms with Crippen LogP contribution in [0.25, 0.3) is 0 Å². The Balaban J connectivity index is 1.48. The normalized spacial score (nSPS) is 15.5. The largest absolute Gasteiger partial charge is 0.454 e. The number of ether oxygens (including phenoxy) is 2. The highest BCUT2D eigenvalue weighted by Gasteiger charge is 2.31. The van der Waals surface area contributed by atoms with Crippen LogP contribution in [0.4, 0.5) is 0 Å². The lowest BCUT2D eigenvalue weighted by Gasteiger charge is -2.27. The van der Waals surface area contributed by atoms with E-state index in [2.05, 4.69) is 4.98 Å². The highest BCUT2D eigenvalue weighted by Crippen LogP contribution is 2.32. The molecule has 2 aliphatic heterocycles. The van der Waals surface area contributed by atoms with Crippen molar-refractivity contribution in [2.24, 2.45) is 0 Å². The van der Waals surface area contributed by atoms with Crippen LogP contribution >= 0.6 is 0 Å². The molecule has 1 aromatic carbocycles. The molecule has 0 aliphatic carbocycles. The fourth-order valence-corrected chi connectivity index (χ4v) is 3.02. The first kappa shape index (κ1) is 15.4. The van der Waals surface area contributed by atoms with E-state index in [-0.39, 0.29) is 25.0 Å². The van der Waals surface area contributed by atoms with Crippen molar-refractivity contribution in [3.05, 3.63) is 53.9 Å². The number of hydrazine groups is 1. The van der Waals surface area contributed by atoms with Crippen LogP contribution < -0.4 is 9.47 Å². The predicted molar refractivity (Wildman–Crippen MR) is 87.9 cm³/mol. The molecule has 2 aliphatic rings. The van der Waals surface area contributed by atoms with Crippen molar-refractivity contribution < 1.29 is 19.1 Å². The van der Waals surface area contributed by atoms with Gasteiger partial charge >= 0.3 is 0 Å². The topological polar surface area (TPSA) is 72.0 Å². The van der Waals surface area contributed by atoms with Gasteiger partial charge in [-0.25, -0.2) is 5.01 Å². The van der Waals surface area contributed by atoms with Gasteiger partial charge in [-0.3, -0.25) is 19.6 Å². The van der Waals surface area contributed by atoms with Gasteiger partial charge in [0.15, 0.2) is 11.5 Å². The molecule has 0 N–H and O–H groups in total. The molecular formula is C18H17N3O4. The molecule has 4 rings (SSSR count). The third-order valence-electron chi connectivity index (χ3n) is 4.23. The zero-order chi connectivity index (χ0) is 17.2. The molecule has 1 aromatic heterocycles. The van der Waals surface area contributed by atoms with Crippen molar-refractivity contribution >= 4 is 11.8 Å². The van der Waals surface area contributed by atoms with Gasteiger partial charge in [0, 0.05) is 19.3 Å². The molecule has 25 heavy (non-hydrogen) atoms. The first-order valence-electron chi connectivity index (χ1n) is 8.14. The van der Waals surface area contributed by atoms with Gasteiger partial charge in [0.1, 0.15) is 5.69 Å². The summed E-state index contributed by atoms with van der Waals surface area (Å²) in [5.74, 6) is 0.954. The standard InChI is InChI=1S/C18H17N3O4/c22-17(11-13-5-6-15-16(10-13)25-12-24-15)20-8-3-9-21(20)18(23)14-4-1-2-7-19-14/h1-2,4-7,10H,3,8-9,11-12H2. The van der Waals surface area contributed by atoms with E-state index in [1.165, 1.54) is 10.0 Å². The van der Waals surface area contributed by atoms with Gasteiger partial charge in [0.25, 0.3) is 5.91 Å². The summed E-state index contributed by atoms with van der Waals surface area (Å²) in [6.45, 7) is 1.25. The summed E-state index contributed by atoms with van der Waals surface area (Å²) >= 11 is 0. The van der Waals surface area contributed by atoms with Crippen molar-refractivity contribution in [3.63, 3.8) is 0 Å². The molecule has 7 heteroatoms. The van der Waals surface area contributed by atoms with E-state index in [0.29, 0.717) is 30.3 Å². The lowest BCUT2D eigenvalue weighted by Crippen LogP contribution is -2.45. The Morgan fingerprint density at radius 3 is 2.72 bits per heavy atom. The molecular weight excluding hydrogens is 322 g/mol. The van der Waals surface area contributed by atoms with Crippen molar-refractivity contribution in [1.82, 2.24) is 15.0 Å². The highest BCUT2D eigenvalue weighted by atomic mass is 16.7. The fourth-order valence-electron chi connectivity index (χ4n) is 3.02. The molecule has 0 spiro atoms. The number of nitrogens with zero attached hydrogens (tertiary/aromatic N) is 3. The minimum atomic E-state index is -0.253. The van der Waals surface area contributed by atoms with Crippen LogP contribution in [0.5, 0.6) is 11.5 Å². The maximum atomic E-state index is 12.7. The first-order chi connectivity index (χ1) is 12.2. The number of hydrogen-bond donors (Lipinski definition) is 0. The maximum Gasteiger partial charge on any atom is 0.291 e. The molecule has 3 heterocycles. The molecule has 7 nitrogen and oxygen atoms in total. The number of hydrogen-bond acceptors (Lipinski definition) is 5. The quantitative estimate of drug-likeness (QED) is 0.850. The smallest absolute Gasteiger partial charge is 0.291 e. The van der Waals surface area contributed by atoms with E-state index in [0.717, 1.165) is 12.0 Å². The fraction of sp³-hybridized carbons (Fsp3) is 0.278. The highest BCUT2D eigenvalue weighted by molar-refractivity contribution is 5.94. The summed E-state index contributed by atoms with van der Waals surface area (Å²) in [7, 11) is 0. The summed E-state index contributed by atoms with van der Waals surface area (Å²) < 4.78 is 10.6. The summed E-state index contributed by atoms with van der Waals surface area (Å²) in [5, 5.41) is 3.00. The van der Waals surface area contributed by atoms with E-state index >= 15 is 0 Å². The number of benzene rings is 1. The third-order valence-corrected chi connectivity index (χ3v) is 4.23. The number of aromatic nitrogens is 1. The number of pyridine rings is 1. The van der Waals surface area contributed by atoms with Gasteiger partial charge in [-0.15, -0.1) is 0 Å². The SMILES string of the molecule is O=C(Cc1ccc2c(c1)OCO2)N1CCCN1C(=O)c1ccccn1. The minimum Gasteiger partial charge on any atom is -0.454 e. The van der Waals surface area contributed by atoms with Crippen LogP contribution in [0.1, 0.15) is 22.5 Å². The lowest BCUT2D eigenvalue weighted by atomic mass is 10.1. The summed E-state index contributed by atoms with van der Waals surface area (Å²) in [6, 6.07) is 10.6.